The molecule has 1 fully saturated rings. The Morgan fingerprint density at radius 1 is 0.770 bits per heavy atom. The number of fused-ring (bicyclic) bond motifs is 3. The number of methoxy groups -OCH3 is 2. The molecule has 1 aliphatic heterocycles. The van der Waals surface area contributed by atoms with Crippen LogP contribution in [0.2, 0.25) is 0 Å². The molecule has 3 aromatic carbocycles. The lowest BCUT2D eigenvalue weighted by Crippen LogP contribution is -2.60. The van der Waals surface area contributed by atoms with Crippen molar-refractivity contribution in [2.75, 3.05) is 41.5 Å². The Bertz CT molecular complexity index is 2390. The van der Waals surface area contributed by atoms with E-state index in [0.717, 1.165) is 33.4 Å². The smallest absolute Gasteiger partial charge is 0.410 e. The first-order valence-electron chi connectivity index (χ1n) is 26.2. The number of hydrogen-bond donors (Lipinski definition) is 2. The van der Waals surface area contributed by atoms with Gasteiger partial charge in [-0.25, -0.2) is 9.59 Å². The molecular weight excluding hydrogens is 939 g/mol. The monoisotopic (exact) mass is 1020 g/mol. The van der Waals surface area contributed by atoms with E-state index in [0.29, 0.717) is 12.8 Å². The predicted octanol–water partition coefficient (Wildman–Crippen LogP) is 8.19. The number of nitrogens with zero attached hydrogens (tertiary/aromatic N) is 3. The van der Waals surface area contributed by atoms with E-state index in [2.05, 4.69) is 29.3 Å². The third-order valence-electron chi connectivity index (χ3n) is 14.7. The summed E-state index contributed by atoms with van der Waals surface area (Å²) in [6.45, 7) is 22.9. The first kappa shape index (κ1) is 58.8. The molecule has 15 heteroatoms. The highest BCUT2D eigenvalue weighted by atomic mass is 16.6. The lowest BCUT2D eigenvalue weighted by atomic mass is 9.89. The Morgan fingerprint density at radius 3 is 1.88 bits per heavy atom. The van der Waals surface area contributed by atoms with Crippen molar-refractivity contribution in [1.82, 2.24) is 25.3 Å². The van der Waals surface area contributed by atoms with Crippen molar-refractivity contribution in [3.05, 3.63) is 108 Å². The highest BCUT2D eigenvalue weighted by molar-refractivity contribution is 5.92. The minimum absolute atomic E-state index is 0.0887. The maximum absolute atomic E-state index is 14.8. The summed E-state index contributed by atoms with van der Waals surface area (Å²) in [6.07, 6.45) is -1.08. The first-order chi connectivity index (χ1) is 34.9. The van der Waals surface area contributed by atoms with Gasteiger partial charge in [0, 0.05) is 47.2 Å². The van der Waals surface area contributed by atoms with Crippen LogP contribution < -0.4 is 10.6 Å². The molecule has 1 aliphatic carbocycles. The van der Waals surface area contributed by atoms with Crippen molar-refractivity contribution >= 4 is 35.7 Å². The summed E-state index contributed by atoms with van der Waals surface area (Å²) in [5.41, 5.74) is 5.21. The molecule has 0 spiro atoms. The van der Waals surface area contributed by atoms with Gasteiger partial charge in [0.1, 0.15) is 30.3 Å². The van der Waals surface area contributed by atoms with Gasteiger partial charge >= 0.3 is 12.1 Å². The molecule has 5 amide bonds. The van der Waals surface area contributed by atoms with Crippen LogP contribution in [-0.4, -0.2) is 140 Å². The van der Waals surface area contributed by atoms with Gasteiger partial charge in [0.15, 0.2) is 0 Å². The molecule has 0 aromatic heterocycles. The predicted molar refractivity (Wildman–Crippen MR) is 287 cm³/mol. The Morgan fingerprint density at radius 2 is 1.35 bits per heavy atom. The first-order valence-corrected chi connectivity index (χ1v) is 26.2. The number of carbonyl (C=O) groups excluding carboxylic acids is 6. The van der Waals surface area contributed by atoms with Gasteiger partial charge < -0.3 is 39.4 Å². The van der Waals surface area contributed by atoms with Crippen LogP contribution >= 0.6 is 0 Å². The van der Waals surface area contributed by atoms with Crippen LogP contribution in [0.15, 0.2) is 91.0 Å². The lowest BCUT2D eigenvalue weighted by Gasteiger charge is -2.41. The van der Waals surface area contributed by atoms with Crippen molar-refractivity contribution < 1.29 is 47.7 Å². The number of carbonyl (C=O) groups is 6. The van der Waals surface area contributed by atoms with Gasteiger partial charge in [-0.2, -0.15) is 0 Å². The van der Waals surface area contributed by atoms with Gasteiger partial charge in [-0.05, 0) is 72.8 Å². The summed E-state index contributed by atoms with van der Waals surface area (Å²) >= 11 is 0. The zero-order valence-corrected chi connectivity index (χ0v) is 46.3. The van der Waals surface area contributed by atoms with Crippen LogP contribution in [0.3, 0.4) is 0 Å². The van der Waals surface area contributed by atoms with E-state index in [1.54, 1.807) is 51.6 Å². The SMILES string of the molecule is C=C1C[C@@H](C(OC)C(C)C(=O)NC(Cc2ccccc2)C(=O)OC(C)(C)C)N(C(=O)CC(OC)C(C(C)CC)N(C)C(=O)C(NC(=O)C(C(C)C)N(C)C(=O)OCC2c3ccccc3-c3ccccc32)C(C)C)C1. The van der Waals surface area contributed by atoms with E-state index < -0.39 is 77.8 Å². The molecule has 0 radical (unpaired) electrons. The number of likely N-dealkylation sites (tertiary alicyclic amines) is 1. The van der Waals surface area contributed by atoms with Gasteiger partial charge in [-0.15, -0.1) is 0 Å². The minimum Gasteiger partial charge on any atom is -0.458 e. The van der Waals surface area contributed by atoms with Crippen molar-refractivity contribution in [1.29, 1.82) is 0 Å². The molecular formula is C59H83N5O10. The van der Waals surface area contributed by atoms with Crippen LogP contribution in [0, 0.1) is 23.7 Å². The Balaban J connectivity index is 1.29. The van der Waals surface area contributed by atoms with Crippen LogP contribution in [0.1, 0.15) is 111 Å². The van der Waals surface area contributed by atoms with E-state index >= 15 is 0 Å². The molecule has 5 rings (SSSR count). The summed E-state index contributed by atoms with van der Waals surface area (Å²) in [7, 11) is 6.23. The number of hydrogen-bond acceptors (Lipinski definition) is 10. The van der Waals surface area contributed by atoms with E-state index in [1.165, 1.54) is 19.1 Å². The largest absolute Gasteiger partial charge is 0.458 e. The van der Waals surface area contributed by atoms with Gasteiger partial charge in [-0.3, -0.25) is 24.1 Å². The fourth-order valence-electron chi connectivity index (χ4n) is 10.7. The second-order valence-electron chi connectivity index (χ2n) is 22.0. The normalized spacial score (nSPS) is 17.8. The molecule has 2 N–H and O–H groups in total. The Hall–Kier alpha value is -6.06. The summed E-state index contributed by atoms with van der Waals surface area (Å²) in [4.78, 5) is 89.8. The van der Waals surface area contributed by atoms with Crippen molar-refractivity contribution in [2.24, 2.45) is 23.7 Å². The highest BCUT2D eigenvalue weighted by Gasteiger charge is 2.45. The number of likely N-dealkylation sites (N-methyl/N-ethyl adjacent to an activating group) is 2. The number of rotatable bonds is 23. The Labute approximate surface area is 440 Å². The van der Waals surface area contributed by atoms with E-state index in [9.17, 15) is 28.8 Å². The molecule has 3 aromatic rings. The highest BCUT2D eigenvalue weighted by Crippen LogP contribution is 2.44. The Kier molecular flexibility index (Phi) is 20.6. The van der Waals surface area contributed by atoms with Crippen LogP contribution in [0.5, 0.6) is 0 Å². The second-order valence-corrected chi connectivity index (χ2v) is 22.0. The van der Waals surface area contributed by atoms with Crippen molar-refractivity contribution in [2.45, 2.75) is 149 Å². The third kappa shape index (κ3) is 14.2. The molecule has 404 valence electrons. The number of amides is 5. The summed E-state index contributed by atoms with van der Waals surface area (Å²) in [6, 6.07) is 21.4. The standard InChI is InChI=1S/C59H83N5O10/c1-16-38(7)52(48(71-14)32-49(65)64-33-37(6)30-47(64)53(72-15)39(8)54(66)60-46(57(69)74-59(9,10)11)31-40-24-18-17-19-25-40)62(12)56(68)50(35(2)3)61-55(67)51(36(4)5)63(13)58(70)73-34-45-43-28-22-20-26-41(43)42-27-21-23-29-44(42)45/h17-29,35-36,38-39,45-48,50-53H,6,16,30-34H2,1-5,7-15H3,(H,60,66)(H,61,67)/t38?,39?,46?,47-,48?,50?,51?,52?,53?/m0/s1. The molecule has 8 unspecified atom stereocenters. The summed E-state index contributed by atoms with van der Waals surface area (Å²) in [5, 5.41) is 5.93. The number of nitrogens with one attached hydrogen (secondary N) is 2. The van der Waals surface area contributed by atoms with Crippen LogP contribution in [0.4, 0.5) is 4.79 Å². The minimum atomic E-state index is -0.992. The zero-order chi connectivity index (χ0) is 54.8. The van der Waals surface area contributed by atoms with Crippen LogP contribution in [-0.2, 0) is 49.3 Å². The third-order valence-corrected chi connectivity index (χ3v) is 14.7. The van der Waals surface area contributed by atoms with E-state index in [1.807, 2.05) is 108 Å². The van der Waals surface area contributed by atoms with Gasteiger partial charge in [0.2, 0.25) is 23.6 Å². The number of esters is 1. The summed E-state index contributed by atoms with van der Waals surface area (Å²) < 4.78 is 23.8. The van der Waals surface area contributed by atoms with E-state index in [-0.39, 0.29) is 61.5 Å². The fourth-order valence-corrected chi connectivity index (χ4v) is 10.7. The molecule has 1 saturated heterocycles. The van der Waals surface area contributed by atoms with Crippen LogP contribution in [0.25, 0.3) is 11.1 Å². The summed E-state index contributed by atoms with van der Waals surface area (Å²) in [5.74, 6) is -3.96. The fraction of sp³-hybridized carbons (Fsp3) is 0.559. The van der Waals surface area contributed by atoms with Gasteiger partial charge in [0.05, 0.1) is 36.6 Å². The topological polar surface area (TPSA) is 173 Å². The zero-order valence-electron chi connectivity index (χ0n) is 46.3. The maximum atomic E-state index is 14.8. The van der Waals surface area contributed by atoms with Crippen molar-refractivity contribution in [3.63, 3.8) is 0 Å². The molecule has 9 atom stereocenters. The van der Waals surface area contributed by atoms with Crippen molar-refractivity contribution in [3.8, 4) is 11.1 Å². The molecule has 2 aliphatic rings. The van der Waals surface area contributed by atoms with Gasteiger partial charge in [-0.1, -0.05) is 146 Å². The molecule has 1 heterocycles. The lowest BCUT2D eigenvalue weighted by molar-refractivity contribution is -0.159. The number of ether oxygens (including phenoxy) is 4. The average Bonchev–Trinajstić information content (AvgIpc) is 3.90. The molecule has 15 nitrogen and oxygen atoms in total. The quantitative estimate of drug-likeness (QED) is 0.0697. The maximum Gasteiger partial charge on any atom is 0.410 e. The number of benzene rings is 3. The second kappa shape index (κ2) is 25.9. The van der Waals surface area contributed by atoms with E-state index in [4.69, 9.17) is 18.9 Å². The molecule has 0 bridgehead atoms. The van der Waals surface area contributed by atoms with Gasteiger partial charge in [0.25, 0.3) is 0 Å². The average molecular weight is 1020 g/mol. The molecule has 74 heavy (non-hydrogen) atoms. The molecule has 0 saturated carbocycles.